The first kappa shape index (κ1) is 28.0. The van der Waals surface area contributed by atoms with Crippen LogP contribution in [0, 0.1) is 0 Å². The van der Waals surface area contributed by atoms with Gasteiger partial charge in [-0.15, -0.1) is 0 Å². The average molecular weight is 491 g/mol. The summed E-state index contributed by atoms with van der Waals surface area (Å²) in [5.41, 5.74) is -0.0292. The molecule has 1 aromatic carbocycles. The highest BCUT2D eigenvalue weighted by atomic mass is 16.6. The fraction of sp³-hybridized carbons (Fsp3) is 0.560. The Morgan fingerprint density at radius 1 is 1.09 bits per heavy atom. The van der Waals surface area contributed by atoms with E-state index in [1.165, 1.54) is 6.92 Å². The lowest BCUT2D eigenvalue weighted by Gasteiger charge is -2.35. The monoisotopic (exact) mass is 490 g/mol. The van der Waals surface area contributed by atoms with Crippen molar-refractivity contribution in [3.05, 3.63) is 35.9 Å². The number of ketones is 1. The average Bonchev–Trinajstić information content (AvgIpc) is 3.18. The first-order valence-electron chi connectivity index (χ1n) is 11.7. The van der Waals surface area contributed by atoms with E-state index in [0.29, 0.717) is 12.8 Å². The van der Waals surface area contributed by atoms with E-state index in [4.69, 9.17) is 4.74 Å². The van der Waals surface area contributed by atoms with Crippen molar-refractivity contribution in [1.29, 1.82) is 0 Å². The van der Waals surface area contributed by atoms with Crippen molar-refractivity contribution in [2.75, 3.05) is 13.7 Å². The molecule has 1 aliphatic rings. The Labute approximate surface area is 205 Å². The number of nitrogens with one attached hydrogen (secondary N) is 2. The highest BCUT2D eigenvalue weighted by Gasteiger charge is 2.55. The van der Waals surface area contributed by atoms with E-state index in [0.717, 1.165) is 12.7 Å². The lowest BCUT2D eigenvalue weighted by Crippen LogP contribution is -2.68. The summed E-state index contributed by atoms with van der Waals surface area (Å²) in [5.74, 6) is -2.53. The van der Waals surface area contributed by atoms with Crippen LogP contribution >= 0.6 is 0 Å². The van der Waals surface area contributed by atoms with Crippen LogP contribution in [0.5, 0.6) is 0 Å². The van der Waals surface area contributed by atoms with E-state index in [1.807, 2.05) is 6.07 Å². The number of carbonyl (C=O) groups excluding carboxylic acids is 5. The summed E-state index contributed by atoms with van der Waals surface area (Å²) >= 11 is 0. The molecule has 1 heterocycles. The van der Waals surface area contributed by atoms with Crippen LogP contribution in [0.25, 0.3) is 0 Å². The molecule has 2 unspecified atom stereocenters. The molecule has 0 spiro atoms. The summed E-state index contributed by atoms with van der Waals surface area (Å²) in [6.45, 7) is 8.58. The molecule has 0 aromatic heterocycles. The van der Waals surface area contributed by atoms with Gasteiger partial charge in [-0.3, -0.25) is 10.1 Å². The molecule has 10 nitrogen and oxygen atoms in total. The third kappa shape index (κ3) is 6.88. The van der Waals surface area contributed by atoms with Crippen LogP contribution in [0.4, 0.5) is 9.59 Å². The first-order chi connectivity index (χ1) is 16.3. The minimum atomic E-state index is -1.22. The molecule has 1 aromatic rings. The van der Waals surface area contributed by atoms with Crippen LogP contribution < -0.4 is 10.6 Å². The van der Waals surface area contributed by atoms with Gasteiger partial charge in [-0.05, 0) is 40.2 Å². The van der Waals surface area contributed by atoms with Crippen molar-refractivity contribution in [2.24, 2.45) is 0 Å². The molecule has 2 N–H and O–H groups in total. The van der Waals surface area contributed by atoms with Crippen LogP contribution in [-0.4, -0.2) is 71.6 Å². The molecule has 192 valence electrons. The number of alkyl carbamates (subject to hydrolysis) is 1. The van der Waals surface area contributed by atoms with Gasteiger partial charge in [0.1, 0.15) is 23.7 Å². The molecule has 0 radical (unpaired) electrons. The van der Waals surface area contributed by atoms with Crippen molar-refractivity contribution in [1.82, 2.24) is 10.6 Å². The molecule has 1 aliphatic heterocycles. The quantitative estimate of drug-likeness (QED) is 0.341. The van der Waals surface area contributed by atoms with Gasteiger partial charge < -0.3 is 14.8 Å². The normalized spacial score (nSPS) is 21.4. The Hall–Kier alpha value is -3.27. The maximum Gasteiger partial charge on any atom is 0.424 e. The number of quaternary nitrogens is 1. The molecule has 4 amide bonds. The van der Waals surface area contributed by atoms with Gasteiger partial charge in [0, 0.05) is 19.3 Å². The minimum absolute atomic E-state index is 0.0504. The van der Waals surface area contributed by atoms with Crippen LogP contribution in [0.2, 0.25) is 0 Å². The zero-order chi connectivity index (χ0) is 26.4. The van der Waals surface area contributed by atoms with Gasteiger partial charge in [-0.1, -0.05) is 30.3 Å². The number of Topliss-reactive ketones (excluding diaryl/α,β-unsaturated/α-hetero) is 1. The van der Waals surface area contributed by atoms with E-state index in [-0.39, 0.29) is 13.0 Å². The SMILES string of the molecule is COC(=O)C(=O)C(Cc1ccccc1)NC(=O)[N+]1(C(=O)[C@H](C)NC(=O)OC(C)(C)C)CCC[C@H]1C. The van der Waals surface area contributed by atoms with Crippen molar-refractivity contribution in [3.8, 4) is 0 Å². The fourth-order valence-corrected chi connectivity index (χ4v) is 4.26. The molecule has 10 heteroatoms. The predicted molar refractivity (Wildman–Crippen MR) is 127 cm³/mol. The lowest BCUT2D eigenvalue weighted by atomic mass is 10.0. The second kappa shape index (κ2) is 11.4. The Morgan fingerprint density at radius 3 is 2.23 bits per heavy atom. The maximum atomic E-state index is 13.6. The first-order valence-corrected chi connectivity index (χ1v) is 11.7. The van der Waals surface area contributed by atoms with E-state index in [1.54, 1.807) is 52.0 Å². The summed E-state index contributed by atoms with van der Waals surface area (Å²) < 4.78 is 9.22. The second-order valence-electron chi connectivity index (χ2n) is 9.84. The molecular weight excluding hydrogens is 454 g/mol. The van der Waals surface area contributed by atoms with Crippen molar-refractivity contribution in [2.45, 2.75) is 77.6 Å². The summed E-state index contributed by atoms with van der Waals surface area (Å²) in [4.78, 5) is 64.2. The standard InChI is InChI=1S/C25H35N3O7/c1-16-11-10-14-28(16,21(30)17(2)26-24(33)35-25(3,4)5)23(32)27-19(20(29)22(31)34-6)15-18-12-8-7-9-13-18/h7-9,12-13,16-17,19H,10-11,14-15H2,1-6H3,(H-,26,27,32,33)/p+1/t16-,17+,19?,28?/m1/s1. The molecule has 2 rings (SSSR count). The smallest absolute Gasteiger partial charge is 0.424 e. The lowest BCUT2D eigenvalue weighted by molar-refractivity contribution is -0.785. The highest BCUT2D eigenvalue weighted by molar-refractivity contribution is 6.36. The Balaban J connectivity index is 2.30. The number of ether oxygens (including phenoxy) is 2. The minimum Gasteiger partial charge on any atom is -0.463 e. The van der Waals surface area contributed by atoms with Crippen LogP contribution in [0.15, 0.2) is 30.3 Å². The highest BCUT2D eigenvalue weighted by Crippen LogP contribution is 2.29. The molecule has 4 atom stereocenters. The Kier molecular flexibility index (Phi) is 9.14. The van der Waals surface area contributed by atoms with E-state index in [9.17, 15) is 24.0 Å². The van der Waals surface area contributed by atoms with Gasteiger partial charge >= 0.3 is 24.0 Å². The fourth-order valence-electron chi connectivity index (χ4n) is 4.26. The second-order valence-corrected chi connectivity index (χ2v) is 9.84. The van der Waals surface area contributed by atoms with Crippen molar-refractivity contribution >= 4 is 29.8 Å². The van der Waals surface area contributed by atoms with Gasteiger partial charge in [0.15, 0.2) is 0 Å². The van der Waals surface area contributed by atoms with Crippen LogP contribution in [0.3, 0.4) is 0 Å². The number of imide groups is 1. The molecular formula is C25H36N3O7+. The number of benzene rings is 1. The van der Waals surface area contributed by atoms with Crippen molar-refractivity contribution in [3.63, 3.8) is 0 Å². The molecule has 35 heavy (non-hydrogen) atoms. The largest absolute Gasteiger partial charge is 0.463 e. The van der Waals surface area contributed by atoms with E-state index >= 15 is 0 Å². The van der Waals surface area contributed by atoms with Crippen LogP contribution in [0.1, 0.15) is 53.0 Å². The molecule has 1 saturated heterocycles. The number of likely N-dealkylation sites (tertiary alicyclic amines) is 1. The van der Waals surface area contributed by atoms with Gasteiger partial charge in [0.05, 0.1) is 13.7 Å². The molecule has 1 fully saturated rings. The Morgan fingerprint density at radius 2 is 1.71 bits per heavy atom. The number of rotatable bonds is 7. The van der Waals surface area contributed by atoms with Crippen molar-refractivity contribution < 1.29 is 37.9 Å². The van der Waals surface area contributed by atoms with E-state index in [2.05, 4.69) is 15.4 Å². The summed E-state index contributed by atoms with van der Waals surface area (Å²) in [6, 6.07) is 5.56. The number of amides is 4. The number of hydrogen-bond acceptors (Lipinski definition) is 7. The molecule has 0 saturated carbocycles. The number of esters is 1. The molecule has 0 bridgehead atoms. The summed E-state index contributed by atoms with van der Waals surface area (Å²) in [5, 5.41) is 5.15. The van der Waals surface area contributed by atoms with Gasteiger partial charge in [-0.2, -0.15) is 4.48 Å². The number of carbonyl (C=O) groups is 5. The number of methoxy groups -OCH3 is 1. The number of urea groups is 1. The number of hydrogen-bond donors (Lipinski definition) is 2. The third-order valence-electron chi connectivity index (χ3n) is 6.03. The predicted octanol–water partition coefficient (Wildman–Crippen LogP) is 2.49. The summed E-state index contributed by atoms with van der Waals surface area (Å²) in [6.07, 6.45) is 0.487. The Bertz CT molecular complexity index is 958. The summed E-state index contributed by atoms with van der Waals surface area (Å²) in [7, 11) is 1.09. The van der Waals surface area contributed by atoms with Gasteiger partial charge in [0.25, 0.3) is 5.78 Å². The third-order valence-corrected chi connectivity index (χ3v) is 6.03. The topological polar surface area (TPSA) is 128 Å². The van der Waals surface area contributed by atoms with Crippen LogP contribution in [-0.2, 0) is 30.3 Å². The van der Waals surface area contributed by atoms with Gasteiger partial charge in [0.2, 0.25) is 0 Å². The zero-order valence-electron chi connectivity index (χ0n) is 21.3. The molecule has 0 aliphatic carbocycles. The van der Waals surface area contributed by atoms with Gasteiger partial charge in [-0.25, -0.2) is 19.2 Å². The maximum absolute atomic E-state index is 13.6. The van der Waals surface area contributed by atoms with E-state index < -0.39 is 58.0 Å². The number of nitrogens with zero attached hydrogens (tertiary/aromatic N) is 1. The zero-order valence-corrected chi connectivity index (χ0v) is 21.3.